The third-order valence-electron chi connectivity index (χ3n) is 4.32. The molecule has 0 radical (unpaired) electrons. The molecule has 0 aliphatic heterocycles. The highest BCUT2D eigenvalue weighted by molar-refractivity contribution is 5.78. The van der Waals surface area contributed by atoms with Gasteiger partial charge in [-0.05, 0) is 30.7 Å². The molecule has 0 aliphatic carbocycles. The largest absolute Gasteiger partial charge is 0.459 e. The van der Waals surface area contributed by atoms with E-state index in [2.05, 4.69) is 10.1 Å². The number of hydrogen-bond donors (Lipinski definition) is 0. The van der Waals surface area contributed by atoms with Crippen molar-refractivity contribution >= 4 is 22.5 Å². The van der Waals surface area contributed by atoms with Gasteiger partial charge in [0.2, 0.25) is 5.43 Å². The lowest BCUT2D eigenvalue weighted by molar-refractivity contribution is -0.145. The Hall–Kier alpha value is -3.48. The predicted octanol–water partition coefficient (Wildman–Crippen LogP) is 2.49. The first-order chi connectivity index (χ1) is 13.1. The SMILES string of the molecule is Cc1ccc2nc(COC(=O)CCn3ncc(=O)c4ccccc43)cn2c1. The number of imidazole rings is 1. The molecule has 7 heteroatoms. The maximum absolute atomic E-state index is 12.1. The number of fused-ring (bicyclic) bond motifs is 2. The number of carbonyl (C=O) groups excluding carboxylic acids is 1. The molecule has 0 atom stereocenters. The molecule has 3 heterocycles. The van der Waals surface area contributed by atoms with Crippen molar-refractivity contribution in [2.75, 3.05) is 0 Å². The second-order valence-electron chi connectivity index (χ2n) is 6.36. The molecule has 0 saturated heterocycles. The van der Waals surface area contributed by atoms with E-state index >= 15 is 0 Å². The van der Waals surface area contributed by atoms with E-state index in [-0.39, 0.29) is 24.4 Å². The van der Waals surface area contributed by atoms with E-state index < -0.39 is 0 Å². The molecule has 136 valence electrons. The zero-order valence-electron chi connectivity index (χ0n) is 14.8. The maximum atomic E-state index is 12.1. The lowest BCUT2D eigenvalue weighted by Crippen LogP contribution is -2.15. The van der Waals surface area contributed by atoms with E-state index in [1.165, 1.54) is 6.20 Å². The Balaban J connectivity index is 1.40. The van der Waals surface area contributed by atoms with Crippen LogP contribution >= 0.6 is 0 Å². The van der Waals surface area contributed by atoms with Crippen LogP contribution in [0.5, 0.6) is 0 Å². The van der Waals surface area contributed by atoms with Crippen LogP contribution < -0.4 is 5.43 Å². The number of nitrogens with zero attached hydrogens (tertiary/aromatic N) is 4. The van der Waals surface area contributed by atoms with Crippen LogP contribution in [0.2, 0.25) is 0 Å². The Morgan fingerprint density at radius 1 is 1.15 bits per heavy atom. The number of esters is 1. The average Bonchev–Trinajstić information content (AvgIpc) is 3.08. The standard InChI is InChI=1S/C20H18N4O3/c1-14-6-7-19-22-15(12-23(19)11-14)13-27-20(26)8-9-24-17-5-3-2-4-16(17)18(25)10-21-24/h2-7,10-12H,8-9,13H2,1H3. The van der Waals surface area contributed by atoms with E-state index in [1.54, 1.807) is 16.8 Å². The molecule has 0 bridgehead atoms. The second kappa shape index (κ2) is 7.03. The van der Waals surface area contributed by atoms with Crippen molar-refractivity contribution < 1.29 is 9.53 Å². The monoisotopic (exact) mass is 362 g/mol. The highest BCUT2D eigenvalue weighted by atomic mass is 16.5. The molecule has 4 aromatic rings. The first-order valence-electron chi connectivity index (χ1n) is 8.65. The minimum absolute atomic E-state index is 0.123. The summed E-state index contributed by atoms with van der Waals surface area (Å²) >= 11 is 0. The number of aromatic nitrogens is 4. The van der Waals surface area contributed by atoms with Crippen LogP contribution in [0.4, 0.5) is 0 Å². The maximum Gasteiger partial charge on any atom is 0.308 e. The van der Waals surface area contributed by atoms with Gasteiger partial charge in [-0.1, -0.05) is 18.2 Å². The normalized spacial score (nSPS) is 11.1. The van der Waals surface area contributed by atoms with Gasteiger partial charge in [-0.25, -0.2) is 4.98 Å². The molecule has 27 heavy (non-hydrogen) atoms. The number of carbonyl (C=O) groups is 1. The third kappa shape index (κ3) is 3.57. The van der Waals surface area contributed by atoms with Crippen LogP contribution in [0.3, 0.4) is 0 Å². The Kier molecular flexibility index (Phi) is 4.42. The highest BCUT2D eigenvalue weighted by Gasteiger charge is 2.09. The van der Waals surface area contributed by atoms with E-state index in [1.807, 2.05) is 48.0 Å². The van der Waals surface area contributed by atoms with Crippen LogP contribution in [0, 0.1) is 6.92 Å². The quantitative estimate of drug-likeness (QED) is 0.510. The number of benzene rings is 1. The average molecular weight is 362 g/mol. The summed E-state index contributed by atoms with van der Waals surface area (Å²) in [4.78, 5) is 28.4. The number of ether oxygens (including phenoxy) is 1. The molecule has 4 rings (SSSR count). The van der Waals surface area contributed by atoms with E-state index in [9.17, 15) is 9.59 Å². The van der Waals surface area contributed by atoms with Crippen molar-refractivity contribution in [3.63, 3.8) is 0 Å². The highest BCUT2D eigenvalue weighted by Crippen LogP contribution is 2.10. The molecular weight excluding hydrogens is 344 g/mol. The van der Waals surface area contributed by atoms with Gasteiger partial charge in [0.1, 0.15) is 12.3 Å². The van der Waals surface area contributed by atoms with Crippen LogP contribution in [0.1, 0.15) is 17.7 Å². The molecule has 1 aromatic carbocycles. The molecule has 0 spiro atoms. The van der Waals surface area contributed by atoms with Gasteiger partial charge in [-0.15, -0.1) is 0 Å². The van der Waals surface area contributed by atoms with Gasteiger partial charge < -0.3 is 9.14 Å². The van der Waals surface area contributed by atoms with Gasteiger partial charge in [0.25, 0.3) is 0 Å². The first kappa shape index (κ1) is 17.0. The number of hydrogen-bond acceptors (Lipinski definition) is 5. The molecule has 0 fully saturated rings. The summed E-state index contributed by atoms with van der Waals surface area (Å²) in [5.41, 5.74) is 3.21. The molecule has 0 saturated carbocycles. The fourth-order valence-corrected chi connectivity index (χ4v) is 2.99. The van der Waals surface area contributed by atoms with Crippen molar-refractivity contribution in [3.8, 4) is 0 Å². The fraction of sp³-hybridized carbons (Fsp3) is 0.200. The summed E-state index contributed by atoms with van der Waals surface area (Å²) in [5.74, 6) is -0.340. The summed E-state index contributed by atoms with van der Waals surface area (Å²) < 4.78 is 8.88. The molecule has 0 amide bonds. The topological polar surface area (TPSA) is 78.5 Å². The van der Waals surface area contributed by atoms with Crippen molar-refractivity contribution in [2.24, 2.45) is 0 Å². The van der Waals surface area contributed by atoms with Crippen LogP contribution in [0.25, 0.3) is 16.6 Å². The number of rotatable bonds is 5. The molecular formula is C20H18N4O3. The van der Waals surface area contributed by atoms with Gasteiger partial charge in [0.05, 0.1) is 30.4 Å². The van der Waals surface area contributed by atoms with Crippen molar-refractivity contribution in [1.82, 2.24) is 19.2 Å². The predicted molar refractivity (Wildman–Crippen MR) is 100 cm³/mol. The van der Waals surface area contributed by atoms with Gasteiger partial charge in [0, 0.05) is 17.8 Å². The van der Waals surface area contributed by atoms with Crippen LogP contribution in [-0.4, -0.2) is 25.1 Å². The zero-order valence-corrected chi connectivity index (χ0v) is 14.8. The van der Waals surface area contributed by atoms with Gasteiger partial charge in [0.15, 0.2) is 0 Å². The van der Waals surface area contributed by atoms with Gasteiger partial charge in [-0.2, -0.15) is 5.10 Å². The Labute approximate surface area is 154 Å². The first-order valence-corrected chi connectivity index (χ1v) is 8.65. The number of pyridine rings is 1. The molecule has 0 aliphatic rings. The molecule has 0 N–H and O–H groups in total. The number of para-hydroxylation sites is 1. The summed E-state index contributed by atoms with van der Waals surface area (Å²) in [5, 5.41) is 4.70. The second-order valence-corrected chi connectivity index (χ2v) is 6.36. The lowest BCUT2D eigenvalue weighted by atomic mass is 10.2. The Morgan fingerprint density at radius 3 is 2.89 bits per heavy atom. The molecule has 3 aromatic heterocycles. The summed E-state index contributed by atoms with van der Waals surface area (Å²) in [7, 11) is 0. The smallest absolute Gasteiger partial charge is 0.308 e. The van der Waals surface area contributed by atoms with Crippen molar-refractivity contribution in [1.29, 1.82) is 0 Å². The molecule has 7 nitrogen and oxygen atoms in total. The summed E-state index contributed by atoms with van der Waals surface area (Å²) in [6, 6.07) is 11.1. The van der Waals surface area contributed by atoms with Crippen molar-refractivity contribution in [3.05, 3.63) is 76.5 Å². The van der Waals surface area contributed by atoms with Crippen LogP contribution in [0.15, 0.2) is 59.8 Å². The van der Waals surface area contributed by atoms with E-state index in [0.717, 1.165) is 11.2 Å². The summed E-state index contributed by atoms with van der Waals surface area (Å²) in [6.07, 6.45) is 5.26. The van der Waals surface area contributed by atoms with Gasteiger partial charge >= 0.3 is 5.97 Å². The minimum atomic E-state index is -0.340. The van der Waals surface area contributed by atoms with E-state index in [4.69, 9.17) is 4.74 Å². The van der Waals surface area contributed by atoms with Crippen molar-refractivity contribution in [2.45, 2.75) is 26.5 Å². The molecule has 0 unspecified atom stereocenters. The Morgan fingerprint density at radius 2 is 2.00 bits per heavy atom. The summed E-state index contributed by atoms with van der Waals surface area (Å²) in [6.45, 7) is 2.47. The fourth-order valence-electron chi connectivity index (χ4n) is 2.99. The minimum Gasteiger partial charge on any atom is -0.459 e. The van der Waals surface area contributed by atoms with E-state index in [0.29, 0.717) is 23.1 Å². The Bertz CT molecular complexity index is 1190. The number of aryl methyl sites for hydroxylation is 2. The van der Waals surface area contributed by atoms with Gasteiger partial charge in [-0.3, -0.25) is 14.3 Å². The lowest BCUT2D eigenvalue weighted by Gasteiger charge is -2.08. The van der Waals surface area contributed by atoms with Crippen LogP contribution in [-0.2, 0) is 22.7 Å². The third-order valence-corrected chi connectivity index (χ3v) is 4.32. The zero-order chi connectivity index (χ0) is 18.8.